The molecule has 1 aliphatic carbocycles. The van der Waals surface area contributed by atoms with Crippen molar-refractivity contribution in [1.29, 1.82) is 0 Å². The summed E-state index contributed by atoms with van der Waals surface area (Å²) in [4.78, 5) is 7.73. The lowest BCUT2D eigenvalue weighted by atomic mass is 9.98. The van der Waals surface area contributed by atoms with Gasteiger partial charge in [-0.2, -0.15) is 0 Å². The van der Waals surface area contributed by atoms with Gasteiger partial charge in [0.25, 0.3) is 0 Å². The second-order valence-electron chi connectivity index (χ2n) is 8.78. The van der Waals surface area contributed by atoms with Crippen LogP contribution in [-0.2, 0) is 6.54 Å². The van der Waals surface area contributed by atoms with Crippen molar-refractivity contribution in [3.63, 3.8) is 0 Å². The van der Waals surface area contributed by atoms with Crippen molar-refractivity contribution in [2.24, 2.45) is 0 Å². The molecule has 1 aromatic carbocycles. The van der Waals surface area contributed by atoms with E-state index < -0.39 is 0 Å². The second-order valence-corrected chi connectivity index (χ2v) is 8.78. The Kier molecular flexibility index (Phi) is 5.30. The first-order valence-electron chi connectivity index (χ1n) is 11.4. The summed E-state index contributed by atoms with van der Waals surface area (Å²) in [5.74, 6) is 0. The fourth-order valence-electron chi connectivity index (χ4n) is 4.89. The molecule has 3 nitrogen and oxygen atoms in total. The number of allylic oxidation sites excluding steroid dienone is 4. The Labute approximate surface area is 179 Å². The van der Waals surface area contributed by atoms with Crippen LogP contribution < -0.4 is 0 Å². The van der Waals surface area contributed by atoms with Gasteiger partial charge in [0.1, 0.15) is 5.65 Å². The average Bonchev–Trinajstić information content (AvgIpc) is 3.15. The molecule has 3 heteroatoms. The molecule has 5 rings (SSSR count). The first-order valence-corrected chi connectivity index (χ1v) is 11.4. The van der Waals surface area contributed by atoms with E-state index in [-0.39, 0.29) is 0 Å². The number of likely N-dealkylation sites (tertiary alicyclic amines) is 1. The minimum absolute atomic E-state index is 0.962. The number of nitrogens with zero attached hydrogens (tertiary/aromatic N) is 3. The molecule has 1 fully saturated rings. The van der Waals surface area contributed by atoms with Gasteiger partial charge in [0.15, 0.2) is 0 Å². The van der Waals surface area contributed by atoms with Gasteiger partial charge in [-0.1, -0.05) is 54.5 Å². The molecule has 2 aromatic heterocycles. The monoisotopic (exact) mass is 397 g/mol. The van der Waals surface area contributed by atoms with Crippen LogP contribution in [0.25, 0.3) is 22.5 Å². The lowest BCUT2D eigenvalue weighted by molar-refractivity contribution is 0.218. The Hall–Kier alpha value is -2.65. The van der Waals surface area contributed by atoms with Gasteiger partial charge in [0.05, 0.1) is 11.4 Å². The molecule has 2 aliphatic rings. The van der Waals surface area contributed by atoms with Crippen molar-refractivity contribution in [1.82, 2.24) is 14.3 Å². The minimum Gasteiger partial charge on any atom is -0.299 e. The van der Waals surface area contributed by atoms with Crippen LogP contribution in [0.5, 0.6) is 0 Å². The smallest absolute Gasteiger partial charge is 0.137 e. The molecule has 30 heavy (non-hydrogen) atoms. The summed E-state index contributed by atoms with van der Waals surface area (Å²) in [6.07, 6.45) is 13.2. The Bertz CT molecular complexity index is 1110. The molecule has 0 unspecified atom stereocenters. The van der Waals surface area contributed by atoms with Crippen molar-refractivity contribution >= 4 is 11.2 Å². The number of pyridine rings is 1. The first kappa shape index (κ1) is 19.3. The van der Waals surface area contributed by atoms with E-state index in [0.717, 1.165) is 30.7 Å². The standard InChI is InChI=1S/C27H31N3/c1-20-11-13-23(14-12-20)27-25(19-29-17-7-4-8-18-29)30-21(2)24(15-16-26(30)28-27)22-9-5-3-6-10-22/h5,9-16H,3-4,6-8,17-19H2,1-2H3. The molecule has 1 aliphatic heterocycles. The zero-order chi connectivity index (χ0) is 20.5. The summed E-state index contributed by atoms with van der Waals surface area (Å²) in [6, 6.07) is 13.3. The fourth-order valence-corrected chi connectivity index (χ4v) is 4.89. The van der Waals surface area contributed by atoms with E-state index in [1.165, 1.54) is 66.0 Å². The van der Waals surface area contributed by atoms with E-state index in [2.05, 4.69) is 77.8 Å². The zero-order valence-corrected chi connectivity index (χ0v) is 18.2. The molecular weight excluding hydrogens is 366 g/mol. The van der Waals surface area contributed by atoms with E-state index in [0.29, 0.717) is 0 Å². The van der Waals surface area contributed by atoms with Crippen LogP contribution in [0, 0.1) is 13.8 Å². The summed E-state index contributed by atoms with van der Waals surface area (Å²) in [7, 11) is 0. The van der Waals surface area contributed by atoms with Gasteiger partial charge in [-0.3, -0.25) is 9.30 Å². The minimum atomic E-state index is 0.962. The van der Waals surface area contributed by atoms with Gasteiger partial charge in [-0.25, -0.2) is 4.98 Å². The van der Waals surface area contributed by atoms with Crippen LogP contribution in [0.4, 0.5) is 0 Å². The van der Waals surface area contributed by atoms with Crippen LogP contribution in [0.15, 0.2) is 54.6 Å². The molecule has 154 valence electrons. The predicted molar refractivity (Wildman–Crippen MR) is 126 cm³/mol. The Morgan fingerprint density at radius 1 is 0.900 bits per heavy atom. The van der Waals surface area contributed by atoms with Crippen molar-refractivity contribution in [3.05, 3.63) is 77.1 Å². The Morgan fingerprint density at radius 3 is 2.43 bits per heavy atom. The molecule has 0 spiro atoms. The van der Waals surface area contributed by atoms with E-state index in [1.807, 2.05) is 0 Å². The second kappa shape index (κ2) is 8.23. The maximum absolute atomic E-state index is 5.12. The van der Waals surface area contributed by atoms with Gasteiger partial charge in [-0.15, -0.1) is 0 Å². The molecule has 1 saturated heterocycles. The third-order valence-electron chi connectivity index (χ3n) is 6.58. The fraction of sp³-hybridized carbons (Fsp3) is 0.370. The lowest BCUT2D eigenvalue weighted by Crippen LogP contribution is -2.30. The van der Waals surface area contributed by atoms with E-state index >= 15 is 0 Å². The van der Waals surface area contributed by atoms with Gasteiger partial charge < -0.3 is 0 Å². The highest BCUT2D eigenvalue weighted by Crippen LogP contribution is 2.31. The number of imidazole rings is 1. The van der Waals surface area contributed by atoms with E-state index in [9.17, 15) is 0 Å². The SMILES string of the molecule is Cc1ccc(-c2nc3ccc(C4=CCCC=C4)c(C)n3c2CN2CCCCC2)cc1. The maximum atomic E-state index is 5.12. The molecule has 0 atom stereocenters. The van der Waals surface area contributed by atoms with Crippen molar-refractivity contribution in [2.45, 2.75) is 52.5 Å². The molecule has 3 heterocycles. The van der Waals surface area contributed by atoms with Crippen LogP contribution >= 0.6 is 0 Å². The highest BCUT2D eigenvalue weighted by atomic mass is 15.2. The number of hydrogen-bond donors (Lipinski definition) is 0. The molecular formula is C27H31N3. The summed E-state index contributed by atoms with van der Waals surface area (Å²) in [6.45, 7) is 7.74. The van der Waals surface area contributed by atoms with Gasteiger partial charge in [-0.05, 0) is 70.3 Å². The number of fused-ring (bicyclic) bond motifs is 1. The molecule has 0 amide bonds. The summed E-state index contributed by atoms with van der Waals surface area (Å²) in [5, 5.41) is 0. The quantitative estimate of drug-likeness (QED) is 0.512. The van der Waals surface area contributed by atoms with Crippen LogP contribution in [-0.4, -0.2) is 27.4 Å². The zero-order valence-electron chi connectivity index (χ0n) is 18.2. The van der Waals surface area contributed by atoms with Crippen LogP contribution in [0.3, 0.4) is 0 Å². The largest absolute Gasteiger partial charge is 0.299 e. The van der Waals surface area contributed by atoms with Gasteiger partial charge in [0, 0.05) is 23.4 Å². The molecule has 0 bridgehead atoms. The van der Waals surface area contributed by atoms with Crippen molar-refractivity contribution in [2.75, 3.05) is 13.1 Å². The summed E-state index contributed by atoms with van der Waals surface area (Å²) < 4.78 is 2.42. The number of aryl methyl sites for hydroxylation is 2. The Morgan fingerprint density at radius 2 is 1.70 bits per heavy atom. The van der Waals surface area contributed by atoms with Crippen molar-refractivity contribution < 1.29 is 0 Å². The maximum Gasteiger partial charge on any atom is 0.137 e. The van der Waals surface area contributed by atoms with Gasteiger partial charge >= 0.3 is 0 Å². The normalized spacial score (nSPS) is 17.5. The number of aromatic nitrogens is 2. The van der Waals surface area contributed by atoms with Crippen LogP contribution in [0.2, 0.25) is 0 Å². The average molecular weight is 398 g/mol. The molecule has 0 radical (unpaired) electrons. The third-order valence-corrected chi connectivity index (χ3v) is 6.58. The predicted octanol–water partition coefficient (Wildman–Crippen LogP) is 6.34. The third kappa shape index (κ3) is 3.63. The molecule has 0 N–H and O–H groups in total. The van der Waals surface area contributed by atoms with E-state index in [4.69, 9.17) is 4.98 Å². The highest BCUT2D eigenvalue weighted by Gasteiger charge is 2.21. The molecule has 0 saturated carbocycles. The molecule has 3 aromatic rings. The first-order chi connectivity index (χ1) is 14.7. The number of hydrogen-bond acceptors (Lipinski definition) is 2. The number of benzene rings is 1. The lowest BCUT2D eigenvalue weighted by Gasteiger charge is -2.27. The van der Waals surface area contributed by atoms with Crippen molar-refractivity contribution in [3.8, 4) is 11.3 Å². The topological polar surface area (TPSA) is 20.5 Å². The number of piperidine rings is 1. The van der Waals surface area contributed by atoms with Crippen LogP contribution in [0.1, 0.15) is 54.6 Å². The highest BCUT2D eigenvalue weighted by molar-refractivity contribution is 5.78. The van der Waals surface area contributed by atoms with E-state index in [1.54, 1.807) is 0 Å². The summed E-state index contributed by atoms with van der Waals surface area (Å²) in [5.41, 5.74) is 9.98. The number of rotatable bonds is 4. The summed E-state index contributed by atoms with van der Waals surface area (Å²) >= 11 is 0. The Balaban J connectivity index is 1.67. The van der Waals surface area contributed by atoms with Gasteiger partial charge in [0.2, 0.25) is 0 Å².